The number of aromatic nitrogens is 2. The molecule has 0 aliphatic heterocycles. The van der Waals surface area contributed by atoms with Crippen molar-refractivity contribution < 1.29 is 23.8 Å². The molecule has 0 aliphatic carbocycles. The van der Waals surface area contributed by atoms with Crippen LogP contribution in [0.25, 0.3) is 11.1 Å². The maximum absolute atomic E-state index is 12.0. The summed E-state index contributed by atoms with van der Waals surface area (Å²) in [7, 11) is 0. The summed E-state index contributed by atoms with van der Waals surface area (Å²) < 4.78 is 15.7. The molecule has 2 heterocycles. The molecular weight excluding hydrogens is 450 g/mol. The minimum Gasteiger partial charge on any atom is -0.475 e. The summed E-state index contributed by atoms with van der Waals surface area (Å²) in [4.78, 5) is 32.1. The molecule has 0 aromatic carbocycles. The summed E-state index contributed by atoms with van der Waals surface area (Å²) in [6, 6.07) is 7.03. The van der Waals surface area contributed by atoms with Crippen molar-refractivity contribution in [2.24, 2.45) is 11.7 Å². The zero-order valence-electron chi connectivity index (χ0n) is 21.0. The summed E-state index contributed by atoms with van der Waals surface area (Å²) in [5, 5.41) is 12.0. The van der Waals surface area contributed by atoms with Crippen LogP contribution in [0.3, 0.4) is 0 Å². The van der Waals surface area contributed by atoms with Gasteiger partial charge in [-0.15, -0.1) is 0 Å². The van der Waals surface area contributed by atoms with Crippen molar-refractivity contribution in [1.82, 2.24) is 9.97 Å². The Morgan fingerprint density at radius 1 is 1.17 bits per heavy atom. The second-order valence-corrected chi connectivity index (χ2v) is 9.95. The van der Waals surface area contributed by atoms with Crippen LogP contribution in [-0.4, -0.2) is 46.4 Å². The lowest BCUT2D eigenvalue weighted by Crippen LogP contribution is -2.43. The average molecular weight is 484 g/mol. The van der Waals surface area contributed by atoms with E-state index in [9.17, 15) is 14.9 Å². The van der Waals surface area contributed by atoms with Gasteiger partial charge in [-0.05, 0) is 63.8 Å². The highest BCUT2D eigenvalue weighted by atomic mass is 16.6. The van der Waals surface area contributed by atoms with E-state index in [2.05, 4.69) is 35.2 Å². The lowest BCUT2D eigenvalue weighted by atomic mass is 9.93. The Hall–Kier alpha value is -3.71. The summed E-state index contributed by atoms with van der Waals surface area (Å²) in [5.74, 6) is 0.146. The molecule has 0 bridgehead atoms. The number of pyridine rings is 2. The SMILES string of the molecule is CC(C)CC(C)(N)COc1ncc(-c2ccnc(NC(=O)OCC(=O)OC(C)(C)C)c2)cc1C#N. The van der Waals surface area contributed by atoms with Crippen LogP contribution in [0, 0.1) is 17.2 Å². The molecule has 1 atom stereocenters. The van der Waals surface area contributed by atoms with Gasteiger partial charge in [0.1, 0.15) is 29.7 Å². The number of rotatable bonds is 9. The molecule has 2 aromatic rings. The molecule has 2 rings (SSSR count). The van der Waals surface area contributed by atoms with Crippen LogP contribution in [0.2, 0.25) is 0 Å². The monoisotopic (exact) mass is 483 g/mol. The first-order chi connectivity index (χ1) is 16.3. The van der Waals surface area contributed by atoms with E-state index in [-0.39, 0.29) is 23.9 Å². The minimum absolute atomic E-state index is 0.197. The van der Waals surface area contributed by atoms with Gasteiger partial charge in [0, 0.05) is 23.5 Å². The molecule has 0 spiro atoms. The lowest BCUT2D eigenvalue weighted by Gasteiger charge is -2.26. The van der Waals surface area contributed by atoms with E-state index in [1.165, 1.54) is 6.20 Å². The molecule has 2 aromatic heterocycles. The Labute approximate surface area is 205 Å². The fourth-order valence-electron chi connectivity index (χ4n) is 3.34. The molecule has 10 heteroatoms. The molecule has 1 amide bonds. The standard InChI is InChI=1S/C25H33N5O5/c1-16(2)11-25(6,27)15-34-22-18(12-26)9-19(13-29-22)17-7-8-28-20(10-17)30-23(32)33-14-21(31)35-24(3,4)5/h7-10,13,16H,11,14-15,27H2,1-6H3,(H,28,30,32). The highest BCUT2D eigenvalue weighted by Crippen LogP contribution is 2.26. The van der Waals surface area contributed by atoms with Gasteiger partial charge in [-0.2, -0.15) is 5.26 Å². The lowest BCUT2D eigenvalue weighted by molar-refractivity contribution is -0.158. The van der Waals surface area contributed by atoms with E-state index >= 15 is 0 Å². The van der Waals surface area contributed by atoms with Gasteiger partial charge in [0.25, 0.3) is 0 Å². The molecule has 10 nitrogen and oxygen atoms in total. The van der Waals surface area contributed by atoms with Crippen molar-refractivity contribution in [3.8, 4) is 23.1 Å². The number of nitriles is 1. The van der Waals surface area contributed by atoms with Gasteiger partial charge in [-0.3, -0.25) is 5.32 Å². The van der Waals surface area contributed by atoms with E-state index in [1.54, 1.807) is 45.2 Å². The first kappa shape index (κ1) is 27.5. The maximum Gasteiger partial charge on any atom is 0.413 e. The maximum atomic E-state index is 12.0. The summed E-state index contributed by atoms with van der Waals surface area (Å²) >= 11 is 0. The fourth-order valence-corrected chi connectivity index (χ4v) is 3.34. The van der Waals surface area contributed by atoms with Crippen molar-refractivity contribution in [1.29, 1.82) is 5.26 Å². The minimum atomic E-state index is -0.855. The Bertz CT molecular complexity index is 1090. The molecule has 35 heavy (non-hydrogen) atoms. The molecule has 0 fully saturated rings. The number of hydrogen-bond acceptors (Lipinski definition) is 9. The third-order valence-electron chi connectivity index (χ3n) is 4.45. The third-order valence-corrected chi connectivity index (χ3v) is 4.45. The van der Waals surface area contributed by atoms with E-state index in [1.807, 2.05) is 6.92 Å². The van der Waals surface area contributed by atoms with Gasteiger partial charge in [0.05, 0.1) is 0 Å². The van der Waals surface area contributed by atoms with Gasteiger partial charge in [0.2, 0.25) is 5.88 Å². The molecule has 188 valence electrons. The van der Waals surface area contributed by atoms with Crippen LogP contribution in [0.1, 0.15) is 53.5 Å². The molecule has 0 saturated heterocycles. The molecule has 0 aliphatic rings. The van der Waals surface area contributed by atoms with Crippen molar-refractivity contribution in [2.75, 3.05) is 18.5 Å². The Kier molecular flexibility index (Phi) is 9.14. The molecule has 0 saturated carbocycles. The number of anilines is 1. The molecule has 0 radical (unpaired) electrons. The van der Waals surface area contributed by atoms with Gasteiger partial charge < -0.3 is 19.9 Å². The predicted molar refractivity (Wildman–Crippen MR) is 131 cm³/mol. The van der Waals surface area contributed by atoms with E-state index < -0.39 is 29.8 Å². The number of esters is 1. The van der Waals surface area contributed by atoms with E-state index in [4.69, 9.17) is 19.9 Å². The Balaban J connectivity index is 2.06. The summed E-state index contributed by atoms with van der Waals surface area (Å²) in [5.41, 5.74) is 6.59. The van der Waals surface area contributed by atoms with Crippen molar-refractivity contribution in [2.45, 2.75) is 59.1 Å². The van der Waals surface area contributed by atoms with Crippen LogP contribution in [0.5, 0.6) is 5.88 Å². The van der Waals surface area contributed by atoms with Crippen LogP contribution >= 0.6 is 0 Å². The Morgan fingerprint density at radius 2 is 1.89 bits per heavy atom. The average Bonchev–Trinajstić information content (AvgIpc) is 2.74. The van der Waals surface area contributed by atoms with Gasteiger partial charge in [-0.25, -0.2) is 19.6 Å². The summed E-state index contributed by atoms with van der Waals surface area (Å²) in [6.07, 6.45) is 2.96. The molecule has 3 N–H and O–H groups in total. The predicted octanol–water partition coefficient (Wildman–Crippen LogP) is 4.05. The second kappa shape index (κ2) is 11.6. The van der Waals surface area contributed by atoms with Crippen molar-refractivity contribution >= 4 is 17.9 Å². The highest BCUT2D eigenvalue weighted by Gasteiger charge is 2.22. The fraction of sp³-hybridized carbons (Fsp3) is 0.480. The second-order valence-electron chi connectivity index (χ2n) is 9.95. The van der Waals surface area contributed by atoms with E-state index in [0.29, 0.717) is 17.0 Å². The number of carbonyl (C=O) groups excluding carboxylic acids is 2. The molecular formula is C25H33N5O5. The number of amides is 1. The van der Waals surface area contributed by atoms with Gasteiger partial charge >= 0.3 is 12.1 Å². The number of nitrogens with zero attached hydrogens (tertiary/aromatic N) is 3. The van der Waals surface area contributed by atoms with Crippen LogP contribution in [0.4, 0.5) is 10.6 Å². The number of carbonyl (C=O) groups is 2. The summed E-state index contributed by atoms with van der Waals surface area (Å²) in [6.45, 7) is 10.9. The normalized spacial score (nSPS) is 12.9. The van der Waals surface area contributed by atoms with Crippen molar-refractivity contribution in [3.63, 3.8) is 0 Å². The number of nitrogens with two attached hydrogens (primary N) is 1. The zero-order valence-corrected chi connectivity index (χ0v) is 21.0. The topological polar surface area (TPSA) is 149 Å². The quantitative estimate of drug-likeness (QED) is 0.504. The number of ether oxygens (including phenoxy) is 3. The van der Waals surface area contributed by atoms with Crippen molar-refractivity contribution in [3.05, 3.63) is 36.2 Å². The highest BCUT2D eigenvalue weighted by molar-refractivity contribution is 5.86. The van der Waals surface area contributed by atoms with Gasteiger partial charge in [0.15, 0.2) is 6.61 Å². The zero-order chi connectivity index (χ0) is 26.2. The Morgan fingerprint density at radius 3 is 2.51 bits per heavy atom. The van der Waals surface area contributed by atoms with Crippen LogP contribution in [0.15, 0.2) is 30.6 Å². The number of hydrogen-bond donors (Lipinski definition) is 2. The third kappa shape index (κ3) is 9.59. The largest absolute Gasteiger partial charge is 0.475 e. The van der Waals surface area contributed by atoms with Crippen LogP contribution < -0.4 is 15.8 Å². The first-order valence-corrected chi connectivity index (χ1v) is 11.2. The smallest absolute Gasteiger partial charge is 0.413 e. The van der Waals surface area contributed by atoms with Crippen LogP contribution in [-0.2, 0) is 14.3 Å². The van der Waals surface area contributed by atoms with E-state index in [0.717, 1.165) is 6.42 Å². The number of nitrogens with one attached hydrogen (secondary N) is 1. The van der Waals surface area contributed by atoms with Gasteiger partial charge in [-0.1, -0.05) is 13.8 Å². The first-order valence-electron chi connectivity index (χ1n) is 11.2. The molecule has 1 unspecified atom stereocenters.